The average molecular weight is 530 g/mol. The molecule has 3 aromatic heterocycles. The monoisotopic (exact) mass is 530 g/mol. The van der Waals surface area contributed by atoms with Crippen molar-refractivity contribution in [3.05, 3.63) is 57.9 Å². The zero-order chi connectivity index (χ0) is 21.4. The Balaban J connectivity index is 1.53. The van der Waals surface area contributed by atoms with E-state index in [0.29, 0.717) is 19.8 Å². The van der Waals surface area contributed by atoms with Crippen molar-refractivity contribution >= 4 is 39.4 Å². The molecule has 0 amide bonds. The lowest BCUT2D eigenvalue weighted by Gasteiger charge is -2.34. The summed E-state index contributed by atoms with van der Waals surface area (Å²) in [5.41, 5.74) is 1.96. The second-order valence-electron chi connectivity index (χ2n) is 7.57. The van der Waals surface area contributed by atoms with Crippen LogP contribution in [-0.4, -0.2) is 57.5 Å². The number of ether oxygens (including phenoxy) is 2. The Hall–Kier alpha value is -2.66. The third-order valence-electron chi connectivity index (χ3n) is 5.54. The molecule has 8 nitrogen and oxygen atoms in total. The number of morpholine rings is 1. The van der Waals surface area contributed by atoms with Gasteiger partial charge in [-0.3, -0.25) is 0 Å². The van der Waals surface area contributed by atoms with Gasteiger partial charge in [-0.1, -0.05) is 12.1 Å². The lowest BCUT2D eigenvalue weighted by atomic mass is 10.2. The Morgan fingerprint density at radius 3 is 2.81 bits per heavy atom. The molecule has 4 heterocycles. The van der Waals surface area contributed by atoms with Gasteiger partial charge in [-0.25, -0.2) is 9.67 Å². The molecular formula is C22H23IN6O2. The molecule has 9 heteroatoms. The van der Waals surface area contributed by atoms with Gasteiger partial charge < -0.3 is 14.4 Å². The Morgan fingerprint density at radius 1 is 1.19 bits per heavy atom. The van der Waals surface area contributed by atoms with Crippen LogP contribution >= 0.6 is 22.6 Å². The summed E-state index contributed by atoms with van der Waals surface area (Å²) in [6, 6.07) is 12.4. The summed E-state index contributed by atoms with van der Waals surface area (Å²) < 4.78 is 15.8. The van der Waals surface area contributed by atoms with Crippen molar-refractivity contribution in [3.63, 3.8) is 0 Å². The maximum atomic E-state index is 5.60. The van der Waals surface area contributed by atoms with E-state index in [-0.39, 0.29) is 6.04 Å². The first-order valence-corrected chi connectivity index (χ1v) is 11.3. The molecule has 5 rings (SSSR count). The summed E-state index contributed by atoms with van der Waals surface area (Å²) >= 11 is 2.37. The molecule has 0 aliphatic carbocycles. The van der Waals surface area contributed by atoms with Crippen molar-refractivity contribution in [1.82, 2.24) is 24.5 Å². The first-order valence-electron chi connectivity index (χ1n) is 10.2. The summed E-state index contributed by atoms with van der Waals surface area (Å²) in [6.07, 6.45) is 3.67. The van der Waals surface area contributed by atoms with E-state index < -0.39 is 0 Å². The Morgan fingerprint density at radius 2 is 2.03 bits per heavy atom. The van der Waals surface area contributed by atoms with Crippen LogP contribution in [0.15, 0.2) is 48.8 Å². The van der Waals surface area contributed by atoms with E-state index in [1.54, 1.807) is 13.3 Å². The smallest absolute Gasteiger partial charge is 0.168 e. The standard InChI is InChI=1S/C22H23IN6O2/c1-15-14-31-10-9-27(15)20-11-19(23)18-12-25-29(22(18)26-20)21-7-8-24-28(21)13-16-3-5-17(30-2)6-4-16/h3-8,11-12,15H,9-10,13-14H2,1-2H3/t15-/m1/s1. The minimum absolute atomic E-state index is 0.284. The second kappa shape index (κ2) is 8.46. The maximum absolute atomic E-state index is 5.60. The zero-order valence-electron chi connectivity index (χ0n) is 17.4. The van der Waals surface area contributed by atoms with E-state index in [1.807, 2.05) is 45.9 Å². The van der Waals surface area contributed by atoms with Crippen LogP contribution in [0, 0.1) is 3.57 Å². The number of methoxy groups -OCH3 is 1. The number of anilines is 1. The average Bonchev–Trinajstić information content (AvgIpc) is 3.41. The van der Waals surface area contributed by atoms with Crippen LogP contribution in [-0.2, 0) is 11.3 Å². The van der Waals surface area contributed by atoms with E-state index in [1.165, 1.54) is 0 Å². The quantitative estimate of drug-likeness (QED) is 0.368. The lowest BCUT2D eigenvalue weighted by molar-refractivity contribution is 0.0985. The summed E-state index contributed by atoms with van der Waals surface area (Å²) in [6.45, 7) is 5.06. The number of fused-ring (bicyclic) bond motifs is 1. The normalized spacial score (nSPS) is 16.7. The highest BCUT2D eigenvalue weighted by Crippen LogP contribution is 2.28. The summed E-state index contributed by atoms with van der Waals surface area (Å²) in [4.78, 5) is 7.31. The van der Waals surface area contributed by atoms with Crippen LogP contribution in [0.4, 0.5) is 5.82 Å². The third-order valence-corrected chi connectivity index (χ3v) is 6.43. The molecule has 0 bridgehead atoms. The largest absolute Gasteiger partial charge is 0.497 e. The van der Waals surface area contributed by atoms with E-state index in [9.17, 15) is 0 Å². The maximum Gasteiger partial charge on any atom is 0.168 e. The van der Waals surface area contributed by atoms with Gasteiger partial charge in [-0.15, -0.1) is 0 Å². The topological polar surface area (TPSA) is 70.2 Å². The SMILES string of the molecule is COc1ccc(Cn2nccc2-n2ncc3c(I)cc(N4CCOC[C@H]4C)nc32)cc1. The molecule has 0 unspecified atom stereocenters. The van der Waals surface area contributed by atoms with Crippen molar-refractivity contribution in [2.24, 2.45) is 0 Å². The van der Waals surface area contributed by atoms with Crippen LogP contribution in [0.25, 0.3) is 16.9 Å². The highest BCUT2D eigenvalue weighted by molar-refractivity contribution is 14.1. The number of hydrogen-bond acceptors (Lipinski definition) is 6. The minimum Gasteiger partial charge on any atom is -0.497 e. The van der Waals surface area contributed by atoms with Crippen LogP contribution in [0.1, 0.15) is 12.5 Å². The number of benzene rings is 1. The minimum atomic E-state index is 0.284. The summed E-state index contributed by atoms with van der Waals surface area (Å²) in [5.74, 6) is 2.67. The highest BCUT2D eigenvalue weighted by Gasteiger charge is 2.23. The first kappa shape index (κ1) is 20.3. The van der Waals surface area contributed by atoms with Crippen molar-refractivity contribution < 1.29 is 9.47 Å². The molecule has 1 aromatic carbocycles. The molecule has 1 saturated heterocycles. The van der Waals surface area contributed by atoms with Gasteiger partial charge >= 0.3 is 0 Å². The van der Waals surface area contributed by atoms with Crippen molar-refractivity contribution in [2.75, 3.05) is 31.8 Å². The fourth-order valence-electron chi connectivity index (χ4n) is 3.86. The number of pyridine rings is 1. The van der Waals surface area contributed by atoms with Crippen LogP contribution in [0.3, 0.4) is 0 Å². The number of halogens is 1. The number of nitrogens with zero attached hydrogens (tertiary/aromatic N) is 6. The highest BCUT2D eigenvalue weighted by atomic mass is 127. The Kier molecular flexibility index (Phi) is 5.53. The van der Waals surface area contributed by atoms with Gasteiger partial charge in [0.25, 0.3) is 0 Å². The summed E-state index contributed by atoms with van der Waals surface area (Å²) in [7, 11) is 1.67. The van der Waals surface area contributed by atoms with E-state index in [0.717, 1.165) is 44.1 Å². The lowest BCUT2D eigenvalue weighted by Crippen LogP contribution is -2.44. The molecule has 0 saturated carbocycles. The Bertz CT molecular complexity index is 1200. The van der Waals surface area contributed by atoms with Crippen LogP contribution in [0.2, 0.25) is 0 Å². The van der Waals surface area contributed by atoms with Crippen molar-refractivity contribution in [2.45, 2.75) is 19.5 Å². The van der Waals surface area contributed by atoms with E-state index >= 15 is 0 Å². The van der Waals surface area contributed by atoms with Gasteiger partial charge in [0, 0.05) is 16.2 Å². The van der Waals surface area contributed by atoms with Gasteiger partial charge in [0.2, 0.25) is 0 Å². The molecule has 1 aliphatic rings. The molecular weight excluding hydrogens is 507 g/mol. The molecule has 160 valence electrons. The van der Waals surface area contributed by atoms with Crippen molar-refractivity contribution in [1.29, 1.82) is 0 Å². The van der Waals surface area contributed by atoms with Crippen LogP contribution in [0.5, 0.6) is 5.75 Å². The fourth-order valence-corrected chi connectivity index (χ4v) is 4.52. The fraction of sp³-hybridized carbons (Fsp3) is 0.318. The molecule has 0 N–H and O–H groups in total. The predicted octanol–water partition coefficient (Wildman–Crippen LogP) is 3.50. The zero-order valence-corrected chi connectivity index (χ0v) is 19.6. The van der Waals surface area contributed by atoms with Gasteiger partial charge in [-0.05, 0) is 53.3 Å². The molecule has 0 radical (unpaired) electrons. The summed E-state index contributed by atoms with van der Waals surface area (Å²) in [5, 5.41) is 10.2. The number of hydrogen-bond donors (Lipinski definition) is 0. The first-order chi connectivity index (χ1) is 15.1. The van der Waals surface area contributed by atoms with Gasteiger partial charge in [-0.2, -0.15) is 14.9 Å². The molecule has 1 aliphatic heterocycles. The van der Waals surface area contributed by atoms with E-state index in [2.05, 4.69) is 50.7 Å². The van der Waals surface area contributed by atoms with E-state index in [4.69, 9.17) is 14.5 Å². The van der Waals surface area contributed by atoms with Gasteiger partial charge in [0.05, 0.1) is 50.7 Å². The number of rotatable bonds is 5. The van der Waals surface area contributed by atoms with Gasteiger partial charge in [0.15, 0.2) is 11.5 Å². The predicted molar refractivity (Wildman–Crippen MR) is 127 cm³/mol. The third kappa shape index (κ3) is 3.87. The Labute approximate surface area is 193 Å². The second-order valence-corrected chi connectivity index (χ2v) is 8.73. The number of aromatic nitrogens is 5. The molecule has 1 fully saturated rings. The molecule has 0 spiro atoms. The molecule has 1 atom stereocenters. The van der Waals surface area contributed by atoms with Crippen LogP contribution < -0.4 is 9.64 Å². The van der Waals surface area contributed by atoms with Crippen molar-refractivity contribution in [3.8, 4) is 11.6 Å². The molecule has 4 aromatic rings. The van der Waals surface area contributed by atoms with Gasteiger partial charge in [0.1, 0.15) is 11.6 Å². The molecule has 31 heavy (non-hydrogen) atoms.